The Labute approximate surface area is 246 Å². The molecule has 0 bridgehead atoms. The number of nitrogens with zero attached hydrogens (tertiary/aromatic N) is 1. The first kappa shape index (κ1) is 30.7. The molecule has 3 aliphatic heterocycles. The van der Waals surface area contributed by atoms with Crippen molar-refractivity contribution in [2.75, 3.05) is 39.5 Å². The summed E-state index contributed by atoms with van der Waals surface area (Å²) in [6.07, 6.45) is -4.68. The summed E-state index contributed by atoms with van der Waals surface area (Å²) in [5.74, 6) is -4.18. The van der Waals surface area contributed by atoms with E-state index in [0.717, 1.165) is 24.3 Å². The fraction of sp³-hybridized carbons (Fsp3) is 0.571. The SMILES string of the molecule is O=S1(=O)N[C@@H]2CC[C@@]3(S(=O)(=O)c4ccc(C(F)(F)F)cc4)c4c(F)ccc(F)c4OC[C@H]3[C@@H]2CC1CCN1CCOCC1. The molecule has 0 aromatic heterocycles. The zero-order valence-corrected chi connectivity index (χ0v) is 24.6. The zero-order chi connectivity index (χ0) is 30.8. The number of benzene rings is 2. The van der Waals surface area contributed by atoms with Crippen molar-refractivity contribution in [3.05, 3.63) is 59.2 Å². The van der Waals surface area contributed by atoms with Crippen LogP contribution in [0.2, 0.25) is 0 Å². The number of nitrogens with one attached hydrogen (secondary N) is 1. The Morgan fingerprint density at radius 1 is 1.02 bits per heavy atom. The largest absolute Gasteiger partial charge is 0.490 e. The van der Waals surface area contributed by atoms with Gasteiger partial charge in [0.05, 0.1) is 41.1 Å². The molecule has 5 atom stereocenters. The van der Waals surface area contributed by atoms with Crippen molar-refractivity contribution in [3.8, 4) is 5.75 Å². The molecule has 2 aromatic rings. The van der Waals surface area contributed by atoms with Gasteiger partial charge >= 0.3 is 6.18 Å². The molecule has 4 aliphatic rings. The van der Waals surface area contributed by atoms with E-state index in [-0.39, 0.29) is 32.3 Å². The summed E-state index contributed by atoms with van der Waals surface area (Å²) in [7, 11) is -8.45. The summed E-state index contributed by atoms with van der Waals surface area (Å²) < 4.78 is 138. The zero-order valence-electron chi connectivity index (χ0n) is 22.9. The maximum atomic E-state index is 15.7. The van der Waals surface area contributed by atoms with E-state index in [1.807, 2.05) is 0 Å². The average molecular weight is 651 g/mol. The van der Waals surface area contributed by atoms with Crippen molar-refractivity contribution >= 4 is 19.9 Å². The Morgan fingerprint density at radius 2 is 1.70 bits per heavy atom. The molecule has 1 aliphatic carbocycles. The second-order valence-electron chi connectivity index (χ2n) is 11.6. The molecule has 15 heteroatoms. The molecule has 236 valence electrons. The number of morpholine rings is 1. The molecule has 2 aromatic carbocycles. The molecular weight excluding hydrogens is 619 g/mol. The Bertz CT molecular complexity index is 1600. The van der Waals surface area contributed by atoms with Crippen LogP contribution < -0.4 is 9.46 Å². The Morgan fingerprint density at radius 3 is 2.37 bits per heavy atom. The third-order valence-electron chi connectivity index (χ3n) is 9.48. The summed E-state index contributed by atoms with van der Waals surface area (Å²) >= 11 is 0. The molecule has 0 spiro atoms. The fourth-order valence-electron chi connectivity index (χ4n) is 7.34. The van der Waals surface area contributed by atoms with Crippen molar-refractivity contribution in [1.29, 1.82) is 0 Å². The van der Waals surface area contributed by atoms with Crippen LogP contribution in [0.1, 0.15) is 36.8 Å². The van der Waals surface area contributed by atoms with E-state index >= 15 is 8.78 Å². The Hall–Kier alpha value is -2.33. The van der Waals surface area contributed by atoms with Gasteiger partial charge in [0.2, 0.25) is 10.0 Å². The molecular formula is C28H31F5N2O6S2. The van der Waals surface area contributed by atoms with E-state index in [4.69, 9.17) is 9.47 Å². The number of ether oxygens (including phenoxy) is 2. The highest BCUT2D eigenvalue weighted by Crippen LogP contribution is 2.59. The third-order valence-corrected chi connectivity index (χ3v) is 14.0. The summed E-state index contributed by atoms with van der Waals surface area (Å²) in [6, 6.07) is 3.91. The standard InChI is InChI=1S/C28H31F5N2O6S2/c29-22-5-6-23(30)26-25(22)27(42(36,37)18-3-1-17(2-4-18)28(31,32)33)9-7-24-20(21(27)16-41-26)15-19(43(38,39)34-24)8-10-35-11-13-40-14-12-35/h1-6,19-21,24,34H,7-16H2/t19?,20-,21-,24+,27-/m0/s1. The summed E-state index contributed by atoms with van der Waals surface area (Å²) in [5, 5.41) is -0.875. The second kappa shape index (κ2) is 10.9. The normalized spacial score (nSPS) is 30.9. The smallest absolute Gasteiger partial charge is 0.416 e. The molecule has 3 fully saturated rings. The first-order valence-electron chi connectivity index (χ1n) is 14.1. The van der Waals surface area contributed by atoms with Gasteiger partial charge in [0, 0.05) is 25.0 Å². The Kier molecular flexibility index (Phi) is 7.80. The van der Waals surface area contributed by atoms with Crippen LogP contribution in [0.4, 0.5) is 22.0 Å². The second-order valence-corrected chi connectivity index (χ2v) is 15.8. The number of halogens is 5. The van der Waals surface area contributed by atoms with Crippen LogP contribution in [0.3, 0.4) is 0 Å². The van der Waals surface area contributed by atoms with Gasteiger partial charge in [0.15, 0.2) is 21.4 Å². The number of sulfonamides is 1. The Balaban J connectivity index is 1.43. The molecule has 43 heavy (non-hydrogen) atoms. The van der Waals surface area contributed by atoms with Gasteiger partial charge < -0.3 is 9.47 Å². The predicted octanol–water partition coefficient (Wildman–Crippen LogP) is 3.85. The summed E-state index contributed by atoms with van der Waals surface area (Å²) in [4.78, 5) is 1.62. The lowest BCUT2D eigenvalue weighted by atomic mass is 9.64. The van der Waals surface area contributed by atoms with E-state index in [0.29, 0.717) is 45.0 Å². The highest BCUT2D eigenvalue weighted by molar-refractivity contribution is 7.92. The summed E-state index contributed by atoms with van der Waals surface area (Å²) in [5.41, 5.74) is -1.56. The molecule has 2 saturated heterocycles. The van der Waals surface area contributed by atoms with E-state index in [1.54, 1.807) is 0 Å². The lowest BCUT2D eigenvalue weighted by Gasteiger charge is -2.55. The van der Waals surface area contributed by atoms with E-state index in [9.17, 15) is 30.0 Å². The van der Waals surface area contributed by atoms with Gasteiger partial charge in [-0.25, -0.2) is 30.3 Å². The molecule has 1 unspecified atom stereocenters. The van der Waals surface area contributed by atoms with E-state index in [2.05, 4.69) is 9.62 Å². The number of hydrogen-bond acceptors (Lipinski definition) is 7. The van der Waals surface area contributed by atoms with Crippen molar-refractivity contribution in [2.45, 2.75) is 52.8 Å². The van der Waals surface area contributed by atoms with Crippen molar-refractivity contribution in [3.63, 3.8) is 0 Å². The molecule has 1 saturated carbocycles. The lowest BCUT2D eigenvalue weighted by molar-refractivity contribution is -0.137. The molecule has 0 radical (unpaired) electrons. The molecule has 6 rings (SSSR count). The number of fused-ring (bicyclic) bond motifs is 5. The molecule has 8 nitrogen and oxygen atoms in total. The fourth-order valence-corrected chi connectivity index (χ4v) is 11.5. The molecule has 3 heterocycles. The van der Waals surface area contributed by atoms with Gasteiger partial charge in [-0.05, 0) is 74.5 Å². The topological polar surface area (TPSA) is 102 Å². The van der Waals surface area contributed by atoms with Crippen molar-refractivity contribution < 1.29 is 48.3 Å². The quantitative estimate of drug-likeness (QED) is 0.491. The van der Waals surface area contributed by atoms with Crippen LogP contribution in [0.25, 0.3) is 0 Å². The highest BCUT2D eigenvalue weighted by Gasteiger charge is 2.64. The van der Waals surface area contributed by atoms with Crippen LogP contribution in [0, 0.1) is 23.5 Å². The van der Waals surface area contributed by atoms with Crippen molar-refractivity contribution in [2.24, 2.45) is 11.8 Å². The van der Waals surface area contributed by atoms with Crippen LogP contribution in [-0.4, -0.2) is 72.5 Å². The highest BCUT2D eigenvalue weighted by atomic mass is 32.2. The maximum Gasteiger partial charge on any atom is 0.416 e. The minimum atomic E-state index is -4.71. The molecule has 1 N–H and O–H groups in total. The average Bonchev–Trinajstić information content (AvgIpc) is 2.97. The lowest BCUT2D eigenvalue weighted by Crippen LogP contribution is -2.64. The van der Waals surface area contributed by atoms with Crippen LogP contribution in [0.5, 0.6) is 5.75 Å². The van der Waals surface area contributed by atoms with E-state index in [1.165, 1.54) is 0 Å². The van der Waals surface area contributed by atoms with Crippen molar-refractivity contribution in [1.82, 2.24) is 9.62 Å². The maximum absolute atomic E-state index is 15.7. The number of rotatable bonds is 5. The minimum absolute atomic E-state index is 0.00810. The van der Waals surface area contributed by atoms with Gasteiger partial charge in [-0.3, -0.25) is 4.90 Å². The van der Waals surface area contributed by atoms with E-state index < -0.39 is 87.3 Å². The third kappa shape index (κ3) is 5.14. The predicted molar refractivity (Wildman–Crippen MR) is 144 cm³/mol. The first-order valence-corrected chi connectivity index (χ1v) is 17.1. The van der Waals surface area contributed by atoms with Crippen LogP contribution in [-0.2, 0) is 35.5 Å². The van der Waals surface area contributed by atoms with Gasteiger partial charge in [0.25, 0.3) is 0 Å². The van der Waals surface area contributed by atoms with Crippen LogP contribution >= 0.6 is 0 Å². The summed E-state index contributed by atoms with van der Waals surface area (Å²) in [6.45, 7) is 2.51. The van der Waals surface area contributed by atoms with Gasteiger partial charge in [-0.1, -0.05) is 0 Å². The van der Waals surface area contributed by atoms with Gasteiger partial charge in [-0.15, -0.1) is 0 Å². The number of sulfone groups is 1. The first-order chi connectivity index (χ1) is 20.3. The molecule has 0 amide bonds. The van der Waals surface area contributed by atoms with Crippen LogP contribution in [0.15, 0.2) is 41.3 Å². The monoisotopic (exact) mass is 650 g/mol. The number of alkyl halides is 3. The minimum Gasteiger partial charge on any atom is -0.490 e. The van der Waals surface area contributed by atoms with Gasteiger partial charge in [-0.2, -0.15) is 13.2 Å². The number of hydrogen-bond donors (Lipinski definition) is 1. The van der Waals surface area contributed by atoms with Gasteiger partial charge in [0.1, 0.15) is 10.6 Å².